The summed E-state index contributed by atoms with van der Waals surface area (Å²) in [6.45, 7) is 3.51. The third kappa shape index (κ3) is 3.67. The molecule has 0 atom stereocenters. The number of hydrogen-bond acceptors (Lipinski definition) is 3. The van der Waals surface area contributed by atoms with Crippen molar-refractivity contribution in [2.75, 3.05) is 13.1 Å². The molecule has 5 nitrogen and oxygen atoms in total. The fraction of sp³-hybridized carbons (Fsp3) is 0.389. The lowest BCUT2D eigenvalue weighted by Crippen LogP contribution is -2.33. The van der Waals surface area contributed by atoms with Gasteiger partial charge < -0.3 is 9.88 Å². The lowest BCUT2D eigenvalue weighted by atomic mass is 10.1. The molecule has 1 N–H and O–H groups in total. The monoisotopic (exact) mass is 311 g/mol. The van der Waals surface area contributed by atoms with E-state index in [9.17, 15) is 9.59 Å². The predicted octanol–water partition coefficient (Wildman–Crippen LogP) is 2.76. The summed E-state index contributed by atoms with van der Waals surface area (Å²) in [6, 6.07) is 9.44. The summed E-state index contributed by atoms with van der Waals surface area (Å²) in [5.41, 5.74) is 2.35. The zero-order chi connectivity index (χ0) is 16.2. The van der Waals surface area contributed by atoms with Gasteiger partial charge in [-0.15, -0.1) is 0 Å². The number of aryl methyl sites for hydroxylation is 1. The number of carbonyl (C=O) groups is 1. The van der Waals surface area contributed by atoms with Crippen molar-refractivity contribution in [1.82, 2.24) is 14.9 Å². The lowest BCUT2D eigenvalue weighted by molar-refractivity contribution is 0.0755. The second-order valence-corrected chi connectivity index (χ2v) is 6.06. The molecule has 1 aliphatic rings. The van der Waals surface area contributed by atoms with Crippen molar-refractivity contribution < 1.29 is 4.79 Å². The Labute approximate surface area is 135 Å². The Kier molecular flexibility index (Phi) is 4.55. The number of hydrogen-bond donors (Lipinski definition) is 1. The first-order chi connectivity index (χ1) is 11.1. The minimum atomic E-state index is -0.485. The zero-order valence-corrected chi connectivity index (χ0v) is 13.3. The van der Waals surface area contributed by atoms with Gasteiger partial charge in [0.2, 0.25) is 0 Å². The highest BCUT2D eigenvalue weighted by Gasteiger charge is 2.19. The van der Waals surface area contributed by atoms with E-state index in [1.54, 1.807) is 6.07 Å². The Hall–Kier alpha value is -2.43. The molecule has 5 heteroatoms. The van der Waals surface area contributed by atoms with Crippen molar-refractivity contribution in [1.29, 1.82) is 0 Å². The van der Waals surface area contributed by atoms with E-state index in [1.807, 2.05) is 36.1 Å². The number of amides is 1. The quantitative estimate of drug-likeness (QED) is 0.927. The van der Waals surface area contributed by atoms with E-state index in [4.69, 9.17) is 0 Å². The number of aromatic nitrogens is 2. The summed E-state index contributed by atoms with van der Waals surface area (Å²) in [6.07, 6.45) is 4.36. The normalized spacial score (nSPS) is 15.3. The van der Waals surface area contributed by atoms with E-state index in [0.29, 0.717) is 11.4 Å². The number of carbonyl (C=O) groups excluding carboxylic acids is 1. The molecule has 0 spiro atoms. The molecule has 1 saturated heterocycles. The average Bonchev–Trinajstić information content (AvgIpc) is 2.83. The van der Waals surface area contributed by atoms with Crippen LogP contribution in [0.25, 0.3) is 11.3 Å². The Balaban J connectivity index is 1.92. The van der Waals surface area contributed by atoms with Gasteiger partial charge >= 0.3 is 5.69 Å². The summed E-state index contributed by atoms with van der Waals surface area (Å²) in [5.74, 6) is -0.111. The highest BCUT2D eigenvalue weighted by molar-refractivity contribution is 5.93. The molecular weight excluding hydrogens is 290 g/mol. The van der Waals surface area contributed by atoms with Crippen LogP contribution in [0, 0.1) is 6.92 Å². The number of H-pyrrole nitrogens is 1. The molecule has 0 unspecified atom stereocenters. The number of benzene rings is 1. The van der Waals surface area contributed by atoms with Crippen molar-refractivity contribution in [3.05, 3.63) is 52.1 Å². The van der Waals surface area contributed by atoms with Gasteiger partial charge in [0.15, 0.2) is 0 Å². The minimum absolute atomic E-state index is 0.111. The second-order valence-electron chi connectivity index (χ2n) is 6.06. The van der Waals surface area contributed by atoms with E-state index in [0.717, 1.165) is 49.9 Å². The van der Waals surface area contributed by atoms with Crippen LogP contribution in [-0.2, 0) is 0 Å². The highest BCUT2D eigenvalue weighted by atomic mass is 16.2. The van der Waals surface area contributed by atoms with Gasteiger partial charge in [-0.3, -0.25) is 4.79 Å². The smallest absolute Gasteiger partial charge is 0.337 e. The first-order valence-electron chi connectivity index (χ1n) is 8.11. The number of nitrogens with zero attached hydrogens (tertiary/aromatic N) is 2. The van der Waals surface area contributed by atoms with Crippen molar-refractivity contribution in [2.24, 2.45) is 0 Å². The van der Waals surface area contributed by atoms with Crippen LogP contribution in [0.1, 0.15) is 41.7 Å². The molecule has 23 heavy (non-hydrogen) atoms. The fourth-order valence-corrected chi connectivity index (χ4v) is 2.89. The Bertz CT molecular complexity index is 742. The molecule has 2 aromatic rings. The first kappa shape index (κ1) is 15.5. The van der Waals surface area contributed by atoms with Gasteiger partial charge in [0.05, 0.1) is 5.69 Å². The number of nitrogens with one attached hydrogen (secondary N) is 1. The van der Waals surface area contributed by atoms with Gasteiger partial charge in [-0.25, -0.2) is 4.79 Å². The van der Waals surface area contributed by atoms with E-state index >= 15 is 0 Å². The molecule has 1 fully saturated rings. The van der Waals surface area contributed by atoms with Crippen LogP contribution in [0.4, 0.5) is 0 Å². The second kappa shape index (κ2) is 6.77. The van der Waals surface area contributed by atoms with Crippen LogP contribution in [0.3, 0.4) is 0 Å². The summed E-state index contributed by atoms with van der Waals surface area (Å²) < 4.78 is 0. The summed E-state index contributed by atoms with van der Waals surface area (Å²) in [7, 11) is 0. The molecule has 0 radical (unpaired) electrons. The maximum Gasteiger partial charge on any atom is 0.346 e. The van der Waals surface area contributed by atoms with Gasteiger partial charge in [-0.2, -0.15) is 4.98 Å². The molecule has 1 aliphatic heterocycles. The van der Waals surface area contributed by atoms with Crippen LogP contribution in [0.2, 0.25) is 0 Å². The molecule has 0 saturated carbocycles. The first-order valence-corrected chi connectivity index (χ1v) is 8.11. The van der Waals surface area contributed by atoms with E-state index in [2.05, 4.69) is 9.97 Å². The largest absolute Gasteiger partial charge is 0.346 e. The van der Waals surface area contributed by atoms with Crippen molar-refractivity contribution >= 4 is 5.91 Å². The van der Waals surface area contributed by atoms with Crippen molar-refractivity contribution in [3.8, 4) is 11.3 Å². The third-order valence-corrected chi connectivity index (χ3v) is 4.22. The molecule has 2 heterocycles. The van der Waals surface area contributed by atoms with Gasteiger partial charge in [-0.05, 0) is 25.8 Å². The Morgan fingerprint density at radius 3 is 2.39 bits per heavy atom. The SMILES string of the molecule is Cc1ccc(-c2cc(C(=O)N3CCCCCC3)[nH]c(=O)n2)cc1. The maximum absolute atomic E-state index is 12.7. The van der Waals surface area contributed by atoms with Crippen LogP contribution >= 0.6 is 0 Å². The predicted molar refractivity (Wildman–Crippen MR) is 89.4 cm³/mol. The molecule has 0 aliphatic carbocycles. The van der Waals surface area contributed by atoms with E-state index in [1.165, 1.54) is 0 Å². The Morgan fingerprint density at radius 2 is 1.74 bits per heavy atom. The topological polar surface area (TPSA) is 66.1 Å². The van der Waals surface area contributed by atoms with Gasteiger partial charge in [0.1, 0.15) is 5.69 Å². The van der Waals surface area contributed by atoms with Crippen LogP contribution in [-0.4, -0.2) is 33.9 Å². The van der Waals surface area contributed by atoms with Crippen molar-refractivity contribution in [3.63, 3.8) is 0 Å². The standard InChI is InChI=1S/C18H21N3O2/c1-13-6-8-14(9-7-13)15-12-16(20-18(23)19-15)17(22)21-10-4-2-3-5-11-21/h6-9,12H,2-5,10-11H2,1H3,(H,19,20,23). The molecule has 1 aromatic carbocycles. The molecule has 3 rings (SSSR count). The van der Waals surface area contributed by atoms with Gasteiger partial charge in [0.25, 0.3) is 5.91 Å². The van der Waals surface area contributed by atoms with E-state index < -0.39 is 5.69 Å². The van der Waals surface area contributed by atoms with E-state index in [-0.39, 0.29) is 5.91 Å². The molecular formula is C18H21N3O2. The van der Waals surface area contributed by atoms with Crippen LogP contribution < -0.4 is 5.69 Å². The third-order valence-electron chi connectivity index (χ3n) is 4.22. The van der Waals surface area contributed by atoms with Crippen LogP contribution in [0.15, 0.2) is 35.1 Å². The fourth-order valence-electron chi connectivity index (χ4n) is 2.89. The minimum Gasteiger partial charge on any atom is -0.337 e. The Morgan fingerprint density at radius 1 is 1.09 bits per heavy atom. The zero-order valence-electron chi connectivity index (χ0n) is 13.3. The summed E-state index contributed by atoms with van der Waals surface area (Å²) >= 11 is 0. The molecule has 120 valence electrons. The number of likely N-dealkylation sites (tertiary alicyclic amines) is 1. The van der Waals surface area contributed by atoms with Gasteiger partial charge in [-0.1, -0.05) is 42.7 Å². The summed E-state index contributed by atoms with van der Waals surface area (Å²) in [4.78, 5) is 33.0. The van der Waals surface area contributed by atoms with Crippen LogP contribution in [0.5, 0.6) is 0 Å². The summed E-state index contributed by atoms with van der Waals surface area (Å²) in [5, 5.41) is 0. The van der Waals surface area contributed by atoms with Gasteiger partial charge in [0, 0.05) is 18.7 Å². The molecule has 1 amide bonds. The molecule has 0 bridgehead atoms. The van der Waals surface area contributed by atoms with Crippen molar-refractivity contribution in [2.45, 2.75) is 32.6 Å². The maximum atomic E-state index is 12.7. The average molecular weight is 311 g/mol. The molecule has 1 aromatic heterocycles. The lowest BCUT2D eigenvalue weighted by Gasteiger charge is -2.20. The number of rotatable bonds is 2. The highest BCUT2D eigenvalue weighted by Crippen LogP contribution is 2.18. The number of aromatic amines is 1.